The molecule has 0 aliphatic carbocycles. The van der Waals surface area contributed by atoms with Crippen molar-refractivity contribution in [3.63, 3.8) is 0 Å². The number of benzene rings is 1. The zero-order valence-electron chi connectivity index (χ0n) is 10.4. The third kappa shape index (κ3) is 5.10. The summed E-state index contributed by atoms with van der Waals surface area (Å²) in [6.07, 6.45) is -0.226. The fourth-order valence-corrected chi connectivity index (χ4v) is 1.96. The third-order valence-corrected chi connectivity index (χ3v) is 2.92. The summed E-state index contributed by atoms with van der Waals surface area (Å²) in [6, 6.07) is 8.51. The van der Waals surface area contributed by atoms with E-state index in [4.69, 9.17) is 5.26 Å². The van der Waals surface area contributed by atoms with E-state index in [0.717, 1.165) is 10.0 Å². The number of ether oxygens (including phenoxy) is 1. The van der Waals surface area contributed by atoms with Gasteiger partial charge < -0.3 is 10.1 Å². The van der Waals surface area contributed by atoms with E-state index in [9.17, 15) is 9.59 Å². The second-order valence-electron chi connectivity index (χ2n) is 3.79. The molecular weight excluding hydrogens is 312 g/mol. The summed E-state index contributed by atoms with van der Waals surface area (Å²) in [7, 11) is 1.29. The van der Waals surface area contributed by atoms with Crippen LogP contribution in [0.4, 0.5) is 0 Å². The maximum atomic E-state index is 11.5. The van der Waals surface area contributed by atoms with Crippen molar-refractivity contribution < 1.29 is 14.3 Å². The van der Waals surface area contributed by atoms with E-state index in [1.165, 1.54) is 7.11 Å². The first-order chi connectivity index (χ1) is 9.06. The molecule has 0 bridgehead atoms. The van der Waals surface area contributed by atoms with Gasteiger partial charge >= 0.3 is 5.97 Å². The summed E-state index contributed by atoms with van der Waals surface area (Å²) in [5.41, 5.74) is 0.770. The van der Waals surface area contributed by atoms with Crippen LogP contribution in [0.15, 0.2) is 28.7 Å². The first-order valence-corrected chi connectivity index (χ1v) is 6.34. The van der Waals surface area contributed by atoms with Gasteiger partial charge in [-0.05, 0) is 17.7 Å². The molecule has 0 aromatic heterocycles. The van der Waals surface area contributed by atoms with Crippen molar-refractivity contribution in [1.82, 2.24) is 5.32 Å². The molecule has 100 valence electrons. The molecule has 1 aromatic carbocycles. The number of rotatable bonds is 5. The smallest absolute Gasteiger partial charge is 0.307 e. The van der Waals surface area contributed by atoms with Gasteiger partial charge in [-0.2, -0.15) is 5.26 Å². The average molecular weight is 325 g/mol. The highest BCUT2D eigenvalue weighted by atomic mass is 79.9. The van der Waals surface area contributed by atoms with Gasteiger partial charge in [-0.3, -0.25) is 9.59 Å². The van der Waals surface area contributed by atoms with Gasteiger partial charge in [0.2, 0.25) is 5.91 Å². The molecule has 0 aliphatic rings. The molecule has 0 fully saturated rings. The quantitative estimate of drug-likeness (QED) is 0.841. The minimum absolute atomic E-state index is 0.0180. The van der Waals surface area contributed by atoms with E-state index in [1.54, 1.807) is 24.3 Å². The Morgan fingerprint density at radius 2 is 2.26 bits per heavy atom. The van der Waals surface area contributed by atoms with Crippen LogP contribution in [0.2, 0.25) is 0 Å². The maximum Gasteiger partial charge on any atom is 0.307 e. The lowest BCUT2D eigenvalue weighted by molar-refractivity contribution is -0.141. The number of hydrogen-bond donors (Lipinski definition) is 1. The fraction of sp³-hybridized carbons (Fsp3) is 0.308. The van der Waals surface area contributed by atoms with Crippen LogP contribution in [0.3, 0.4) is 0 Å². The van der Waals surface area contributed by atoms with Crippen LogP contribution in [0.25, 0.3) is 0 Å². The predicted molar refractivity (Wildman–Crippen MR) is 71.9 cm³/mol. The number of carbonyl (C=O) groups is 2. The molecular formula is C13H13BrN2O3. The lowest BCUT2D eigenvalue weighted by Crippen LogP contribution is -2.30. The van der Waals surface area contributed by atoms with Crippen molar-refractivity contribution in [2.45, 2.75) is 18.9 Å². The molecule has 0 heterocycles. The number of hydrogen-bond acceptors (Lipinski definition) is 4. The van der Waals surface area contributed by atoms with E-state index in [2.05, 4.69) is 26.0 Å². The fourth-order valence-electron chi connectivity index (χ4n) is 1.54. The zero-order chi connectivity index (χ0) is 14.3. The van der Waals surface area contributed by atoms with E-state index in [-0.39, 0.29) is 12.8 Å². The molecule has 19 heavy (non-hydrogen) atoms. The second-order valence-corrected chi connectivity index (χ2v) is 4.71. The Morgan fingerprint density at radius 1 is 1.53 bits per heavy atom. The van der Waals surface area contributed by atoms with Gasteiger partial charge in [-0.25, -0.2) is 0 Å². The molecule has 0 radical (unpaired) electrons. The van der Waals surface area contributed by atoms with Crippen LogP contribution < -0.4 is 5.32 Å². The highest BCUT2D eigenvalue weighted by Crippen LogP contribution is 2.21. The van der Waals surface area contributed by atoms with E-state index in [1.807, 2.05) is 6.07 Å². The first-order valence-electron chi connectivity index (χ1n) is 5.55. The van der Waals surface area contributed by atoms with Crippen molar-refractivity contribution in [2.75, 3.05) is 7.11 Å². The lowest BCUT2D eigenvalue weighted by atomic mass is 10.0. The van der Waals surface area contributed by atoms with Gasteiger partial charge in [0.1, 0.15) is 6.42 Å². The van der Waals surface area contributed by atoms with Crippen LogP contribution in [0.5, 0.6) is 0 Å². The maximum absolute atomic E-state index is 11.5. The zero-order valence-corrected chi connectivity index (χ0v) is 11.9. The van der Waals surface area contributed by atoms with Gasteiger partial charge in [0, 0.05) is 4.47 Å². The molecule has 1 amide bonds. The van der Waals surface area contributed by atoms with Crippen LogP contribution >= 0.6 is 15.9 Å². The Kier molecular flexibility index (Phi) is 6.03. The monoisotopic (exact) mass is 324 g/mol. The third-order valence-electron chi connectivity index (χ3n) is 2.42. The molecule has 5 nitrogen and oxygen atoms in total. The van der Waals surface area contributed by atoms with Crippen LogP contribution in [0, 0.1) is 11.3 Å². The van der Waals surface area contributed by atoms with E-state index < -0.39 is 17.9 Å². The Hall–Kier alpha value is -1.87. The highest BCUT2D eigenvalue weighted by molar-refractivity contribution is 9.10. The lowest BCUT2D eigenvalue weighted by Gasteiger charge is -2.17. The predicted octanol–water partition coefficient (Wildman–Crippen LogP) is 2.08. The Bertz CT molecular complexity index is 511. The molecule has 1 atom stereocenters. The van der Waals surface area contributed by atoms with Crippen molar-refractivity contribution in [2.24, 2.45) is 0 Å². The van der Waals surface area contributed by atoms with Crippen molar-refractivity contribution in [3.8, 4) is 6.07 Å². The normalized spacial score (nSPS) is 11.2. The minimum atomic E-state index is -0.509. The number of nitriles is 1. The van der Waals surface area contributed by atoms with Gasteiger partial charge in [-0.1, -0.05) is 28.1 Å². The van der Waals surface area contributed by atoms with Crippen LogP contribution in [-0.4, -0.2) is 19.0 Å². The number of amides is 1. The summed E-state index contributed by atoms with van der Waals surface area (Å²) in [4.78, 5) is 22.9. The summed E-state index contributed by atoms with van der Waals surface area (Å²) in [5, 5.41) is 11.1. The summed E-state index contributed by atoms with van der Waals surface area (Å²) in [6.45, 7) is 0. The number of carbonyl (C=O) groups excluding carboxylic acids is 2. The van der Waals surface area contributed by atoms with E-state index >= 15 is 0 Å². The average Bonchev–Trinajstić information content (AvgIpc) is 2.38. The first kappa shape index (κ1) is 15.2. The van der Waals surface area contributed by atoms with Crippen molar-refractivity contribution in [1.29, 1.82) is 5.26 Å². The van der Waals surface area contributed by atoms with Crippen LogP contribution in [-0.2, 0) is 14.3 Å². The van der Waals surface area contributed by atoms with Crippen LogP contribution in [0.1, 0.15) is 24.4 Å². The van der Waals surface area contributed by atoms with Gasteiger partial charge in [-0.15, -0.1) is 0 Å². The number of nitrogens with one attached hydrogen (secondary N) is 1. The number of methoxy groups -OCH3 is 1. The summed E-state index contributed by atoms with van der Waals surface area (Å²) < 4.78 is 5.45. The van der Waals surface area contributed by atoms with Crippen molar-refractivity contribution in [3.05, 3.63) is 34.3 Å². The highest BCUT2D eigenvalue weighted by Gasteiger charge is 2.18. The molecule has 0 spiro atoms. The summed E-state index contributed by atoms with van der Waals surface area (Å²) >= 11 is 3.33. The number of esters is 1. The Balaban J connectivity index is 2.89. The molecule has 0 aliphatic heterocycles. The van der Waals surface area contributed by atoms with E-state index in [0.29, 0.717) is 0 Å². The van der Waals surface area contributed by atoms with Crippen molar-refractivity contribution >= 4 is 27.8 Å². The molecule has 0 saturated heterocycles. The number of nitrogens with zero attached hydrogens (tertiary/aromatic N) is 1. The minimum Gasteiger partial charge on any atom is -0.469 e. The standard InChI is InChI=1S/C13H13BrN2O3/c1-19-13(18)8-11(16-12(17)5-6-15)9-3-2-4-10(14)7-9/h2-4,7,11H,5,8H2,1H3,(H,16,17)/t11-/m0/s1. The molecule has 1 aromatic rings. The van der Waals surface area contributed by atoms with Gasteiger partial charge in [0.05, 0.1) is 25.6 Å². The summed E-state index contributed by atoms with van der Waals surface area (Å²) in [5.74, 6) is -0.849. The number of halogens is 1. The molecule has 0 unspecified atom stereocenters. The molecule has 6 heteroatoms. The topological polar surface area (TPSA) is 79.2 Å². The second kappa shape index (κ2) is 7.54. The molecule has 1 N–H and O–H groups in total. The molecule has 0 saturated carbocycles. The Morgan fingerprint density at radius 3 is 2.84 bits per heavy atom. The Labute approximate surface area is 119 Å². The molecule has 1 rings (SSSR count). The van der Waals surface area contributed by atoms with Gasteiger partial charge in [0.25, 0.3) is 0 Å². The largest absolute Gasteiger partial charge is 0.469 e. The SMILES string of the molecule is COC(=O)C[C@H](NC(=O)CC#N)c1cccc(Br)c1. The van der Waals surface area contributed by atoms with Gasteiger partial charge in [0.15, 0.2) is 0 Å².